The van der Waals surface area contributed by atoms with Crippen LogP contribution in [0.3, 0.4) is 0 Å². The number of anilines is 1. The first kappa shape index (κ1) is 13.5. The zero-order valence-corrected chi connectivity index (χ0v) is 10.5. The number of benzene rings is 1. The van der Waals surface area contributed by atoms with Crippen LogP contribution in [0.25, 0.3) is 0 Å². The average Bonchev–Trinajstić information content (AvgIpc) is 2.86. The van der Waals surface area contributed by atoms with Gasteiger partial charge in [-0.1, -0.05) is 18.9 Å². The summed E-state index contributed by atoms with van der Waals surface area (Å²) in [6.45, 7) is 0. The van der Waals surface area contributed by atoms with E-state index in [2.05, 4.69) is 10.6 Å². The van der Waals surface area contributed by atoms with E-state index >= 15 is 0 Å². The van der Waals surface area contributed by atoms with E-state index in [1.54, 1.807) is 6.20 Å². The Morgan fingerprint density at radius 2 is 2.00 bits per heavy atom. The number of carbonyl (C=O) groups excluding carboxylic acids is 1. The smallest absolute Gasteiger partial charge is 0.315 e. The highest BCUT2D eigenvalue weighted by molar-refractivity contribution is 5.89. The van der Waals surface area contributed by atoms with Crippen molar-refractivity contribution in [3.63, 3.8) is 0 Å². The molecule has 0 bridgehead atoms. The Bertz CT molecular complexity index is 482. The van der Waals surface area contributed by atoms with Crippen LogP contribution in [0.15, 0.2) is 30.5 Å². The maximum absolute atomic E-state index is 13.3. The molecule has 3 nitrogen and oxygen atoms in total. The Balaban J connectivity index is 1.83. The summed E-state index contributed by atoms with van der Waals surface area (Å²) in [6.07, 6.45) is 8.27. The number of amides is 2. The van der Waals surface area contributed by atoms with Crippen molar-refractivity contribution in [3.8, 4) is 0 Å². The van der Waals surface area contributed by atoms with E-state index in [4.69, 9.17) is 0 Å². The van der Waals surface area contributed by atoms with Crippen molar-refractivity contribution in [2.75, 3.05) is 5.32 Å². The minimum atomic E-state index is -0.796. The molecular formula is C14H16F2N2O. The van der Waals surface area contributed by atoms with Gasteiger partial charge in [0.05, 0.1) is 5.69 Å². The first-order valence-electron chi connectivity index (χ1n) is 6.34. The molecule has 1 fully saturated rings. The van der Waals surface area contributed by atoms with Gasteiger partial charge in [0.1, 0.15) is 11.6 Å². The first-order valence-corrected chi connectivity index (χ1v) is 6.34. The zero-order chi connectivity index (χ0) is 13.7. The molecule has 0 unspecified atom stereocenters. The SMILES string of the molecule is O=C(N/C=C/C1CCCC1)Nc1ccc(F)cc1F. The van der Waals surface area contributed by atoms with E-state index in [0.29, 0.717) is 5.92 Å². The molecule has 102 valence electrons. The van der Waals surface area contributed by atoms with Gasteiger partial charge in [0.2, 0.25) is 0 Å². The van der Waals surface area contributed by atoms with Crippen LogP contribution in [0.4, 0.5) is 19.3 Å². The second-order valence-corrected chi connectivity index (χ2v) is 4.63. The summed E-state index contributed by atoms with van der Waals surface area (Å²) in [5.41, 5.74) is -0.0480. The maximum atomic E-state index is 13.3. The lowest BCUT2D eigenvalue weighted by Crippen LogP contribution is -2.24. The van der Waals surface area contributed by atoms with Crippen molar-refractivity contribution in [3.05, 3.63) is 42.1 Å². The van der Waals surface area contributed by atoms with Gasteiger partial charge in [-0.15, -0.1) is 0 Å². The van der Waals surface area contributed by atoms with Crippen LogP contribution in [-0.2, 0) is 0 Å². The fraction of sp³-hybridized carbons (Fsp3) is 0.357. The molecule has 1 saturated carbocycles. The number of carbonyl (C=O) groups is 1. The maximum Gasteiger partial charge on any atom is 0.323 e. The van der Waals surface area contributed by atoms with Crippen molar-refractivity contribution in [2.45, 2.75) is 25.7 Å². The first-order chi connectivity index (χ1) is 9.15. The van der Waals surface area contributed by atoms with Crippen LogP contribution < -0.4 is 10.6 Å². The molecule has 2 rings (SSSR count). The highest BCUT2D eigenvalue weighted by Crippen LogP contribution is 2.25. The van der Waals surface area contributed by atoms with Gasteiger partial charge in [-0.25, -0.2) is 13.6 Å². The molecule has 0 spiro atoms. The number of hydrogen-bond acceptors (Lipinski definition) is 1. The minimum Gasteiger partial charge on any atom is -0.315 e. The van der Waals surface area contributed by atoms with Crippen molar-refractivity contribution < 1.29 is 13.6 Å². The van der Waals surface area contributed by atoms with Crippen molar-refractivity contribution in [1.29, 1.82) is 0 Å². The monoisotopic (exact) mass is 266 g/mol. The second-order valence-electron chi connectivity index (χ2n) is 4.63. The number of hydrogen-bond donors (Lipinski definition) is 2. The number of halogens is 2. The van der Waals surface area contributed by atoms with Gasteiger partial charge in [-0.05, 0) is 30.9 Å². The van der Waals surface area contributed by atoms with Crippen molar-refractivity contribution in [2.24, 2.45) is 5.92 Å². The third-order valence-corrected chi connectivity index (χ3v) is 3.16. The fourth-order valence-corrected chi connectivity index (χ4v) is 2.16. The van der Waals surface area contributed by atoms with E-state index in [1.165, 1.54) is 18.9 Å². The number of urea groups is 1. The van der Waals surface area contributed by atoms with Gasteiger partial charge in [0.15, 0.2) is 0 Å². The van der Waals surface area contributed by atoms with E-state index in [1.807, 2.05) is 6.08 Å². The fourth-order valence-electron chi connectivity index (χ4n) is 2.16. The molecule has 0 saturated heterocycles. The standard InChI is InChI=1S/C14H16F2N2O/c15-11-5-6-13(12(16)9-11)18-14(19)17-8-7-10-3-1-2-4-10/h5-10H,1-4H2,(H2,17,18,19)/b8-7+. The van der Waals surface area contributed by atoms with E-state index < -0.39 is 17.7 Å². The molecule has 1 aliphatic carbocycles. The number of allylic oxidation sites excluding steroid dienone is 1. The van der Waals surface area contributed by atoms with Crippen LogP contribution in [0.2, 0.25) is 0 Å². The molecule has 5 heteroatoms. The van der Waals surface area contributed by atoms with Crippen LogP contribution in [0, 0.1) is 17.6 Å². The molecule has 1 aromatic rings. The lowest BCUT2D eigenvalue weighted by atomic mass is 10.1. The van der Waals surface area contributed by atoms with Crippen molar-refractivity contribution in [1.82, 2.24) is 5.32 Å². The number of rotatable bonds is 3. The molecule has 0 aromatic heterocycles. The highest BCUT2D eigenvalue weighted by Gasteiger charge is 2.11. The molecule has 1 aliphatic rings. The van der Waals surface area contributed by atoms with E-state index in [-0.39, 0.29) is 5.69 Å². The van der Waals surface area contributed by atoms with Gasteiger partial charge in [-0.2, -0.15) is 0 Å². The molecular weight excluding hydrogens is 250 g/mol. The second kappa shape index (κ2) is 6.31. The third-order valence-electron chi connectivity index (χ3n) is 3.16. The molecule has 0 aliphatic heterocycles. The van der Waals surface area contributed by atoms with Crippen LogP contribution in [-0.4, -0.2) is 6.03 Å². The molecule has 0 radical (unpaired) electrons. The average molecular weight is 266 g/mol. The molecule has 1 aromatic carbocycles. The number of nitrogens with one attached hydrogen (secondary N) is 2. The Kier molecular flexibility index (Phi) is 4.49. The molecule has 19 heavy (non-hydrogen) atoms. The Morgan fingerprint density at radius 1 is 1.26 bits per heavy atom. The van der Waals surface area contributed by atoms with Crippen LogP contribution in [0.5, 0.6) is 0 Å². The van der Waals surface area contributed by atoms with E-state index in [9.17, 15) is 13.6 Å². The molecule has 0 heterocycles. The molecule has 2 amide bonds. The Labute approximate surface area is 110 Å². The van der Waals surface area contributed by atoms with E-state index in [0.717, 1.165) is 25.0 Å². The Hall–Kier alpha value is -1.91. The largest absolute Gasteiger partial charge is 0.323 e. The minimum absolute atomic E-state index is 0.0480. The van der Waals surface area contributed by atoms with Gasteiger partial charge in [0, 0.05) is 12.3 Å². The third kappa shape index (κ3) is 4.05. The normalized spacial score (nSPS) is 15.9. The topological polar surface area (TPSA) is 41.1 Å². The zero-order valence-electron chi connectivity index (χ0n) is 10.5. The lowest BCUT2D eigenvalue weighted by Gasteiger charge is -2.06. The van der Waals surface area contributed by atoms with Gasteiger partial charge in [0.25, 0.3) is 0 Å². The quantitative estimate of drug-likeness (QED) is 0.858. The lowest BCUT2D eigenvalue weighted by molar-refractivity contribution is 0.255. The molecule has 0 atom stereocenters. The van der Waals surface area contributed by atoms with Gasteiger partial charge >= 0.3 is 6.03 Å². The van der Waals surface area contributed by atoms with Crippen molar-refractivity contribution >= 4 is 11.7 Å². The summed E-state index contributed by atoms with van der Waals surface area (Å²) in [7, 11) is 0. The summed E-state index contributed by atoms with van der Waals surface area (Å²) in [5, 5.41) is 4.83. The van der Waals surface area contributed by atoms with Crippen LogP contribution >= 0.6 is 0 Å². The summed E-state index contributed by atoms with van der Waals surface area (Å²) in [4.78, 5) is 11.5. The van der Waals surface area contributed by atoms with Gasteiger partial charge in [-0.3, -0.25) is 0 Å². The summed E-state index contributed by atoms with van der Waals surface area (Å²) < 4.78 is 26.0. The summed E-state index contributed by atoms with van der Waals surface area (Å²) in [5.74, 6) is -0.956. The highest BCUT2D eigenvalue weighted by atomic mass is 19.1. The predicted octanol–water partition coefficient (Wildman–Crippen LogP) is 3.79. The summed E-state index contributed by atoms with van der Waals surface area (Å²) in [6, 6.07) is 2.46. The van der Waals surface area contributed by atoms with Crippen LogP contribution in [0.1, 0.15) is 25.7 Å². The predicted molar refractivity (Wildman–Crippen MR) is 69.6 cm³/mol. The summed E-state index contributed by atoms with van der Waals surface area (Å²) >= 11 is 0. The molecule has 2 N–H and O–H groups in total. The Morgan fingerprint density at radius 3 is 2.68 bits per heavy atom. The van der Waals surface area contributed by atoms with Gasteiger partial charge < -0.3 is 10.6 Å².